The first kappa shape index (κ1) is 17.7. The molecule has 3 N–H and O–H groups in total. The van der Waals surface area contributed by atoms with Crippen molar-refractivity contribution >= 4 is 21.6 Å². The summed E-state index contributed by atoms with van der Waals surface area (Å²) in [6, 6.07) is 18.3. The van der Waals surface area contributed by atoms with Gasteiger partial charge in [0.15, 0.2) is 10.8 Å². The summed E-state index contributed by atoms with van der Waals surface area (Å²) in [5.74, 6) is 1.72. The molecule has 6 heteroatoms. The topological polar surface area (TPSA) is 78.5 Å². The number of phenolic OH excluding ortho intramolecular Hbond substituents is 1. The van der Waals surface area contributed by atoms with E-state index in [1.165, 1.54) is 0 Å². The fourth-order valence-corrected chi connectivity index (χ4v) is 3.83. The molecule has 0 amide bonds. The van der Waals surface area contributed by atoms with Gasteiger partial charge in [-0.05, 0) is 48.9 Å². The molecule has 0 aliphatic rings. The summed E-state index contributed by atoms with van der Waals surface area (Å²) in [6.45, 7) is 2.41. The molecule has 0 unspecified atom stereocenters. The Morgan fingerprint density at radius 1 is 1.07 bits per heavy atom. The molecule has 138 valence electrons. The molecule has 2 aromatic carbocycles. The van der Waals surface area contributed by atoms with Crippen LogP contribution in [0.15, 0.2) is 65.1 Å². The van der Waals surface area contributed by atoms with Crippen LogP contribution in [0, 0.1) is 0 Å². The van der Waals surface area contributed by atoms with Gasteiger partial charge in [-0.15, -0.1) is 11.3 Å². The van der Waals surface area contributed by atoms with E-state index >= 15 is 0 Å². The smallest absolute Gasteiger partial charge is 0.163 e. The van der Waals surface area contributed by atoms with Crippen molar-refractivity contribution in [3.05, 3.63) is 72.0 Å². The molecule has 0 fully saturated rings. The van der Waals surface area contributed by atoms with Gasteiger partial charge in [0.05, 0.1) is 22.9 Å². The summed E-state index contributed by atoms with van der Waals surface area (Å²) < 4.78 is 7.06. The monoisotopic (exact) mass is 380 g/mol. The molecule has 0 saturated heterocycles. The molecular formula is C21H20N2O3S. The maximum atomic E-state index is 10.4. The predicted octanol–water partition coefficient (Wildman–Crippen LogP) is 4.47. The number of benzene rings is 2. The highest BCUT2D eigenvalue weighted by molar-refractivity contribution is 7.21. The Labute approximate surface area is 160 Å². The minimum atomic E-state index is -0.677. The fraction of sp³-hybridized carbons (Fsp3) is 0.190. The van der Waals surface area contributed by atoms with Crippen molar-refractivity contribution in [3.8, 4) is 16.5 Å². The second-order valence-electron chi connectivity index (χ2n) is 6.46. The minimum Gasteiger partial charge on any atom is -0.508 e. The third kappa shape index (κ3) is 3.88. The second kappa shape index (κ2) is 7.52. The van der Waals surface area contributed by atoms with Crippen molar-refractivity contribution < 1.29 is 14.6 Å². The number of furan rings is 1. The molecule has 0 aliphatic carbocycles. The number of aromatic nitrogens is 1. The largest absolute Gasteiger partial charge is 0.508 e. The zero-order valence-corrected chi connectivity index (χ0v) is 15.6. The molecule has 5 nitrogen and oxygen atoms in total. The van der Waals surface area contributed by atoms with Crippen LogP contribution < -0.4 is 5.32 Å². The first-order valence-corrected chi connectivity index (χ1v) is 9.57. The number of aliphatic hydroxyl groups excluding tert-OH is 1. The van der Waals surface area contributed by atoms with Gasteiger partial charge in [-0.1, -0.05) is 24.3 Å². The van der Waals surface area contributed by atoms with E-state index in [-0.39, 0.29) is 11.8 Å². The Kier molecular flexibility index (Phi) is 4.94. The molecule has 0 saturated carbocycles. The van der Waals surface area contributed by atoms with E-state index in [4.69, 9.17) is 4.42 Å². The lowest BCUT2D eigenvalue weighted by Gasteiger charge is -2.20. The Morgan fingerprint density at radius 2 is 1.85 bits per heavy atom. The van der Waals surface area contributed by atoms with Crippen molar-refractivity contribution in [2.24, 2.45) is 0 Å². The van der Waals surface area contributed by atoms with Crippen LogP contribution in [0.5, 0.6) is 5.75 Å². The first-order valence-electron chi connectivity index (χ1n) is 8.75. The average Bonchev–Trinajstić information content (AvgIpc) is 3.32. The molecule has 0 spiro atoms. The lowest BCUT2D eigenvalue weighted by atomic mass is 10.0. The summed E-state index contributed by atoms with van der Waals surface area (Å²) >= 11 is 1.61. The van der Waals surface area contributed by atoms with Gasteiger partial charge in [0, 0.05) is 6.04 Å². The Hall–Kier alpha value is -2.67. The highest BCUT2D eigenvalue weighted by Gasteiger charge is 2.17. The standard InChI is InChI=1S/C21H20N2O3S/c1-13(20(25)14-6-8-15(24)9-7-14)22-12-16-10-11-18(26-16)21-23-17-4-2-3-5-19(17)27-21/h2-11,13,20,22,24-25H,12H2,1H3/t13-,20-/m1/s1. The van der Waals surface area contributed by atoms with Crippen LogP contribution in [0.2, 0.25) is 0 Å². The number of phenols is 1. The maximum absolute atomic E-state index is 10.4. The van der Waals surface area contributed by atoms with Crippen molar-refractivity contribution in [2.75, 3.05) is 0 Å². The van der Waals surface area contributed by atoms with Crippen molar-refractivity contribution in [1.29, 1.82) is 0 Å². The van der Waals surface area contributed by atoms with Crippen LogP contribution in [0.3, 0.4) is 0 Å². The van der Waals surface area contributed by atoms with E-state index in [1.807, 2.05) is 43.3 Å². The molecule has 0 aliphatic heterocycles. The summed E-state index contributed by atoms with van der Waals surface area (Å²) in [5, 5.41) is 23.9. The summed E-state index contributed by atoms with van der Waals surface area (Å²) in [6.07, 6.45) is -0.677. The van der Waals surface area contributed by atoms with E-state index in [9.17, 15) is 10.2 Å². The number of aliphatic hydroxyl groups is 1. The van der Waals surface area contributed by atoms with Gasteiger partial charge in [-0.25, -0.2) is 4.98 Å². The maximum Gasteiger partial charge on any atom is 0.163 e. The van der Waals surface area contributed by atoms with E-state index < -0.39 is 6.10 Å². The van der Waals surface area contributed by atoms with Crippen LogP contribution in [0.1, 0.15) is 24.4 Å². The van der Waals surface area contributed by atoms with Gasteiger partial charge in [0.25, 0.3) is 0 Å². The third-order valence-electron chi connectivity index (χ3n) is 4.47. The first-order chi connectivity index (χ1) is 13.1. The summed E-state index contributed by atoms with van der Waals surface area (Å²) in [4.78, 5) is 4.61. The zero-order chi connectivity index (χ0) is 18.8. The number of para-hydroxylation sites is 1. The number of thiazole rings is 1. The van der Waals surface area contributed by atoms with Gasteiger partial charge in [-0.3, -0.25) is 0 Å². The van der Waals surface area contributed by atoms with Gasteiger partial charge < -0.3 is 19.9 Å². The number of rotatable bonds is 6. The molecule has 2 atom stereocenters. The molecule has 0 radical (unpaired) electrons. The molecular weight excluding hydrogens is 360 g/mol. The number of fused-ring (bicyclic) bond motifs is 1. The van der Waals surface area contributed by atoms with E-state index in [0.29, 0.717) is 6.54 Å². The van der Waals surface area contributed by atoms with E-state index in [0.717, 1.165) is 32.3 Å². The molecule has 2 aromatic heterocycles. The number of nitrogens with zero attached hydrogens (tertiary/aromatic N) is 1. The highest BCUT2D eigenvalue weighted by atomic mass is 32.1. The van der Waals surface area contributed by atoms with Gasteiger partial charge in [-0.2, -0.15) is 0 Å². The van der Waals surface area contributed by atoms with E-state index in [1.54, 1.807) is 35.6 Å². The van der Waals surface area contributed by atoms with Crippen molar-refractivity contribution in [3.63, 3.8) is 0 Å². The number of aromatic hydroxyl groups is 1. The molecule has 4 rings (SSSR count). The van der Waals surface area contributed by atoms with Crippen LogP contribution in [0.25, 0.3) is 21.0 Å². The third-order valence-corrected chi connectivity index (χ3v) is 5.52. The number of nitrogens with one attached hydrogen (secondary N) is 1. The second-order valence-corrected chi connectivity index (χ2v) is 7.49. The lowest BCUT2D eigenvalue weighted by molar-refractivity contribution is 0.134. The lowest BCUT2D eigenvalue weighted by Crippen LogP contribution is -2.31. The Morgan fingerprint density at radius 3 is 2.63 bits per heavy atom. The van der Waals surface area contributed by atoms with Crippen LogP contribution >= 0.6 is 11.3 Å². The van der Waals surface area contributed by atoms with Gasteiger partial charge >= 0.3 is 0 Å². The van der Waals surface area contributed by atoms with Crippen LogP contribution in [-0.2, 0) is 6.54 Å². The molecule has 2 heterocycles. The van der Waals surface area contributed by atoms with E-state index in [2.05, 4.69) is 10.3 Å². The summed E-state index contributed by atoms with van der Waals surface area (Å²) in [7, 11) is 0. The SMILES string of the molecule is C[C@@H](NCc1ccc(-c2nc3ccccc3s2)o1)[C@@H](O)c1ccc(O)cc1. The van der Waals surface area contributed by atoms with Crippen LogP contribution in [-0.4, -0.2) is 21.2 Å². The fourth-order valence-electron chi connectivity index (χ4n) is 2.90. The quantitative estimate of drug-likeness (QED) is 0.460. The molecule has 4 aromatic rings. The van der Waals surface area contributed by atoms with Crippen molar-refractivity contribution in [1.82, 2.24) is 10.3 Å². The van der Waals surface area contributed by atoms with Gasteiger partial charge in [0.2, 0.25) is 0 Å². The minimum absolute atomic E-state index is 0.175. The zero-order valence-electron chi connectivity index (χ0n) is 14.8. The molecule has 0 bridgehead atoms. The Balaban J connectivity index is 1.41. The predicted molar refractivity (Wildman–Crippen MR) is 107 cm³/mol. The Bertz CT molecular complexity index is 1010. The average molecular weight is 380 g/mol. The van der Waals surface area contributed by atoms with Gasteiger partial charge in [0.1, 0.15) is 11.5 Å². The molecule has 27 heavy (non-hydrogen) atoms. The normalized spacial score (nSPS) is 13.7. The number of hydrogen-bond acceptors (Lipinski definition) is 6. The van der Waals surface area contributed by atoms with Crippen molar-refractivity contribution in [2.45, 2.75) is 25.6 Å². The highest BCUT2D eigenvalue weighted by Crippen LogP contribution is 2.31. The van der Waals surface area contributed by atoms with Crippen LogP contribution in [0.4, 0.5) is 0 Å². The number of hydrogen-bond donors (Lipinski definition) is 3. The summed E-state index contributed by atoms with van der Waals surface area (Å²) in [5.41, 5.74) is 1.72.